The van der Waals surface area contributed by atoms with E-state index in [-0.39, 0.29) is 22.7 Å². The second kappa shape index (κ2) is 7.79. The van der Waals surface area contributed by atoms with E-state index in [0.29, 0.717) is 18.8 Å². The molecule has 7 heteroatoms. The largest absolute Gasteiger partial charge is 0.377 e. The van der Waals surface area contributed by atoms with Crippen molar-refractivity contribution >= 4 is 17.3 Å². The van der Waals surface area contributed by atoms with Crippen LogP contribution in [-0.4, -0.2) is 41.6 Å². The third-order valence-electron chi connectivity index (χ3n) is 4.06. The Balaban J connectivity index is 1.73. The van der Waals surface area contributed by atoms with Crippen molar-refractivity contribution in [3.05, 3.63) is 57.5 Å². The van der Waals surface area contributed by atoms with Crippen molar-refractivity contribution in [2.24, 2.45) is 0 Å². The molecule has 24 heavy (non-hydrogen) atoms. The van der Waals surface area contributed by atoms with E-state index in [1.165, 1.54) is 4.68 Å². The number of hydrogen-bond donors (Lipinski definition) is 2. The lowest BCUT2D eigenvalue weighted by Gasteiger charge is -2.30. The van der Waals surface area contributed by atoms with Gasteiger partial charge in [0.05, 0.1) is 37.2 Å². The van der Waals surface area contributed by atoms with Crippen LogP contribution < -0.4 is 16.2 Å². The fourth-order valence-corrected chi connectivity index (χ4v) is 2.88. The number of aromatic nitrogens is 2. The number of ether oxygens (including phenoxy) is 1. The molecule has 0 bridgehead atoms. The van der Waals surface area contributed by atoms with Gasteiger partial charge in [-0.3, -0.25) is 4.79 Å². The number of rotatable bonds is 5. The second-order valence-electron chi connectivity index (χ2n) is 5.87. The highest BCUT2D eigenvalue weighted by atomic mass is 35.5. The van der Waals surface area contributed by atoms with E-state index in [1.807, 2.05) is 37.3 Å². The Morgan fingerprint density at radius 2 is 2.25 bits per heavy atom. The summed E-state index contributed by atoms with van der Waals surface area (Å²) in [4.78, 5) is 12.4. The molecule has 1 saturated heterocycles. The summed E-state index contributed by atoms with van der Waals surface area (Å²) < 4.78 is 7.08. The Morgan fingerprint density at radius 1 is 1.46 bits per heavy atom. The minimum atomic E-state index is -0.305. The fourth-order valence-electron chi connectivity index (χ4n) is 2.68. The molecule has 1 fully saturated rings. The Kier molecular flexibility index (Phi) is 5.50. The molecule has 0 saturated carbocycles. The molecule has 2 atom stereocenters. The third-order valence-corrected chi connectivity index (χ3v) is 4.42. The van der Waals surface area contributed by atoms with Crippen molar-refractivity contribution in [3.63, 3.8) is 0 Å². The Hall–Kier alpha value is -1.89. The minimum absolute atomic E-state index is 0.0153. The first-order chi connectivity index (χ1) is 11.6. The molecule has 1 aromatic heterocycles. The fraction of sp³-hybridized carbons (Fsp3) is 0.412. The first-order valence-electron chi connectivity index (χ1n) is 8.03. The molecule has 0 aliphatic carbocycles. The van der Waals surface area contributed by atoms with Crippen LogP contribution in [0.5, 0.6) is 0 Å². The molecule has 2 aromatic rings. The van der Waals surface area contributed by atoms with Gasteiger partial charge in [-0.2, -0.15) is 5.10 Å². The summed E-state index contributed by atoms with van der Waals surface area (Å²) in [5.74, 6) is 0. The molecule has 0 radical (unpaired) electrons. The highest BCUT2D eigenvalue weighted by Crippen LogP contribution is 2.18. The molecule has 0 spiro atoms. The first kappa shape index (κ1) is 17.0. The van der Waals surface area contributed by atoms with Crippen LogP contribution in [0.3, 0.4) is 0 Å². The average molecular weight is 349 g/mol. The maximum absolute atomic E-state index is 12.4. The highest BCUT2D eigenvalue weighted by molar-refractivity contribution is 6.32. The quantitative estimate of drug-likeness (QED) is 0.861. The van der Waals surface area contributed by atoms with Crippen LogP contribution in [0.4, 0.5) is 5.69 Å². The van der Waals surface area contributed by atoms with Crippen LogP contribution in [0.1, 0.15) is 12.5 Å². The van der Waals surface area contributed by atoms with E-state index < -0.39 is 0 Å². The molecule has 128 valence electrons. The maximum Gasteiger partial charge on any atom is 0.287 e. The van der Waals surface area contributed by atoms with Crippen molar-refractivity contribution in [1.82, 2.24) is 15.1 Å². The molecule has 1 aliphatic heterocycles. The number of nitrogens with one attached hydrogen (secondary N) is 2. The van der Waals surface area contributed by atoms with Gasteiger partial charge in [0.15, 0.2) is 0 Å². The van der Waals surface area contributed by atoms with Crippen molar-refractivity contribution in [1.29, 1.82) is 0 Å². The topological polar surface area (TPSA) is 68.2 Å². The van der Waals surface area contributed by atoms with E-state index in [1.54, 1.807) is 6.20 Å². The third kappa shape index (κ3) is 3.95. The smallest absolute Gasteiger partial charge is 0.287 e. The van der Waals surface area contributed by atoms with Gasteiger partial charge in [0, 0.05) is 13.1 Å². The minimum Gasteiger partial charge on any atom is -0.377 e. The number of benzene rings is 1. The van der Waals surface area contributed by atoms with Crippen LogP contribution in [0.25, 0.3) is 0 Å². The lowest BCUT2D eigenvalue weighted by Crippen LogP contribution is -2.46. The van der Waals surface area contributed by atoms with Crippen molar-refractivity contribution in [2.75, 3.05) is 25.0 Å². The molecule has 2 heterocycles. The Morgan fingerprint density at radius 3 is 2.96 bits per heavy atom. The monoisotopic (exact) mass is 348 g/mol. The van der Waals surface area contributed by atoms with Crippen LogP contribution in [0, 0.1) is 0 Å². The summed E-state index contributed by atoms with van der Waals surface area (Å²) in [6.07, 6.45) is 1.63. The van der Waals surface area contributed by atoms with Gasteiger partial charge in [-0.1, -0.05) is 41.9 Å². The summed E-state index contributed by atoms with van der Waals surface area (Å²) in [6.45, 7) is 4.71. The normalized spacial score (nSPS) is 19.0. The van der Waals surface area contributed by atoms with Gasteiger partial charge in [-0.25, -0.2) is 4.68 Å². The van der Waals surface area contributed by atoms with Crippen molar-refractivity contribution in [2.45, 2.75) is 25.6 Å². The first-order valence-corrected chi connectivity index (χ1v) is 8.41. The second-order valence-corrected chi connectivity index (χ2v) is 6.24. The molecule has 1 aliphatic rings. The lowest BCUT2D eigenvalue weighted by molar-refractivity contribution is 0.0201. The molecule has 1 aromatic carbocycles. The predicted molar refractivity (Wildman–Crippen MR) is 94.7 cm³/mol. The number of anilines is 1. The van der Waals surface area contributed by atoms with Crippen molar-refractivity contribution < 1.29 is 4.74 Å². The van der Waals surface area contributed by atoms with Crippen LogP contribution in [0.15, 0.2) is 41.3 Å². The predicted octanol–water partition coefficient (Wildman–Crippen LogP) is 1.73. The van der Waals surface area contributed by atoms with Gasteiger partial charge in [-0.05, 0) is 12.5 Å². The molecule has 0 amide bonds. The number of morpholine rings is 1. The SMILES string of the molecule is CC(Nc1cnn(Cc2ccccc2)c(=O)c1Cl)C1CNCCO1. The lowest BCUT2D eigenvalue weighted by atomic mass is 10.1. The zero-order valence-electron chi connectivity index (χ0n) is 13.5. The standard InChI is InChI=1S/C17H21ClN4O2/c1-12(15-10-19-7-8-24-15)21-14-9-20-22(17(23)16(14)18)11-13-5-3-2-4-6-13/h2-6,9,12,15,19,21H,7-8,10-11H2,1H3. The Labute approximate surface area is 145 Å². The average Bonchev–Trinajstić information content (AvgIpc) is 2.63. The van der Waals surface area contributed by atoms with Crippen LogP contribution in [0.2, 0.25) is 5.02 Å². The van der Waals surface area contributed by atoms with Gasteiger partial charge < -0.3 is 15.4 Å². The summed E-state index contributed by atoms with van der Waals surface area (Å²) in [7, 11) is 0. The molecular weight excluding hydrogens is 328 g/mol. The number of nitrogens with zero attached hydrogens (tertiary/aromatic N) is 2. The molecule has 2 unspecified atom stereocenters. The van der Waals surface area contributed by atoms with E-state index in [2.05, 4.69) is 15.7 Å². The zero-order valence-corrected chi connectivity index (χ0v) is 14.3. The summed E-state index contributed by atoms with van der Waals surface area (Å²) in [5.41, 5.74) is 1.23. The van der Waals surface area contributed by atoms with Gasteiger partial charge in [0.2, 0.25) is 0 Å². The van der Waals surface area contributed by atoms with Crippen LogP contribution >= 0.6 is 11.6 Å². The van der Waals surface area contributed by atoms with E-state index in [4.69, 9.17) is 16.3 Å². The molecule has 6 nitrogen and oxygen atoms in total. The van der Waals surface area contributed by atoms with Crippen LogP contribution in [-0.2, 0) is 11.3 Å². The summed E-state index contributed by atoms with van der Waals surface area (Å²) >= 11 is 6.26. The molecule has 2 N–H and O–H groups in total. The Bertz CT molecular complexity index is 729. The molecular formula is C17H21ClN4O2. The van der Waals surface area contributed by atoms with E-state index >= 15 is 0 Å². The zero-order chi connectivity index (χ0) is 16.9. The van der Waals surface area contributed by atoms with E-state index in [0.717, 1.165) is 18.7 Å². The van der Waals surface area contributed by atoms with Gasteiger partial charge >= 0.3 is 0 Å². The molecule has 3 rings (SSSR count). The highest BCUT2D eigenvalue weighted by Gasteiger charge is 2.22. The summed E-state index contributed by atoms with van der Waals surface area (Å²) in [5, 5.41) is 10.9. The number of hydrogen-bond acceptors (Lipinski definition) is 5. The number of halogens is 1. The maximum atomic E-state index is 12.4. The van der Waals surface area contributed by atoms with Gasteiger partial charge in [-0.15, -0.1) is 0 Å². The van der Waals surface area contributed by atoms with Gasteiger partial charge in [0.25, 0.3) is 5.56 Å². The van der Waals surface area contributed by atoms with Gasteiger partial charge in [0.1, 0.15) is 5.02 Å². The van der Waals surface area contributed by atoms with Crippen molar-refractivity contribution in [3.8, 4) is 0 Å². The summed E-state index contributed by atoms with van der Waals surface area (Å²) in [6, 6.07) is 9.70. The van der Waals surface area contributed by atoms with E-state index in [9.17, 15) is 4.79 Å².